The number of hydrogen-bond acceptors (Lipinski definition) is 8. The van der Waals surface area contributed by atoms with Crippen LogP contribution in [0.1, 0.15) is 111 Å². The highest BCUT2D eigenvalue weighted by molar-refractivity contribution is 7.90. The lowest BCUT2D eigenvalue weighted by molar-refractivity contribution is -0.144. The Morgan fingerprint density at radius 2 is 1.68 bits per heavy atom. The highest BCUT2D eigenvalue weighted by Gasteiger charge is 2.49. The van der Waals surface area contributed by atoms with Crippen LogP contribution in [0.2, 0.25) is 0 Å². The van der Waals surface area contributed by atoms with Crippen LogP contribution < -0.4 is 26.6 Å². The second kappa shape index (κ2) is 19.8. The average Bonchev–Trinajstić information content (AvgIpc) is 3.87. The van der Waals surface area contributed by atoms with Crippen molar-refractivity contribution in [2.75, 3.05) is 25.9 Å². The van der Waals surface area contributed by atoms with E-state index in [1.165, 1.54) is 12.3 Å². The Balaban J connectivity index is 1.56. The third-order valence-electron chi connectivity index (χ3n) is 12.5. The molecule has 3 fully saturated rings. The Morgan fingerprint density at radius 3 is 2.28 bits per heavy atom. The SMILES string of the molecule is C=CCNC(=O)C(=O)C(CC1CC1)NC(=O)[C@@H]1C[C@@H](C(C)CC)CN1C(=O)[C@@H](NC(=O)N[C@H](CNCc1ccccc1S(C)(=O)=O)C(C)(C)C)C1(C)CCCCC1. The summed E-state index contributed by atoms with van der Waals surface area (Å²) < 4.78 is 24.8. The smallest absolute Gasteiger partial charge is 0.315 e. The van der Waals surface area contributed by atoms with Gasteiger partial charge in [0.1, 0.15) is 12.1 Å². The summed E-state index contributed by atoms with van der Waals surface area (Å²) in [5.74, 6) is -1.78. The van der Waals surface area contributed by atoms with Crippen molar-refractivity contribution in [2.24, 2.45) is 28.6 Å². The van der Waals surface area contributed by atoms with Crippen molar-refractivity contribution in [1.82, 2.24) is 31.5 Å². The highest BCUT2D eigenvalue weighted by atomic mass is 32.2. The second-order valence-corrected chi connectivity index (χ2v) is 20.2. The Hall–Kier alpha value is -3.78. The zero-order valence-corrected chi connectivity index (χ0v) is 36.1. The number of ketones is 1. The molecule has 5 amide bonds. The molecule has 14 heteroatoms. The van der Waals surface area contributed by atoms with Gasteiger partial charge in [0.25, 0.3) is 5.91 Å². The van der Waals surface area contributed by atoms with Crippen LogP contribution in [0.25, 0.3) is 0 Å². The molecule has 1 aromatic rings. The van der Waals surface area contributed by atoms with Crippen LogP contribution in [-0.2, 0) is 35.6 Å². The highest BCUT2D eigenvalue weighted by Crippen LogP contribution is 2.41. The van der Waals surface area contributed by atoms with E-state index in [4.69, 9.17) is 0 Å². The molecule has 0 bridgehead atoms. The number of rotatable bonds is 19. The Morgan fingerprint density at radius 1 is 1.02 bits per heavy atom. The predicted molar refractivity (Wildman–Crippen MR) is 222 cm³/mol. The molecule has 5 N–H and O–H groups in total. The summed E-state index contributed by atoms with van der Waals surface area (Å²) in [5, 5.41) is 15.0. The molecular weight excluding hydrogens is 745 g/mol. The fourth-order valence-electron chi connectivity index (χ4n) is 8.32. The molecule has 4 rings (SSSR count). The van der Waals surface area contributed by atoms with Gasteiger partial charge in [-0.05, 0) is 65.9 Å². The van der Waals surface area contributed by atoms with E-state index in [9.17, 15) is 27.6 Å². The van der Waals surface area contributed by atoms with Crippen LogP contribution in [0, 0.1) is 28.6 Å². The van der Waals surface area contributed by atoms with Gasteiger partial charge < -0.3 is 31.5 Å². The van der Waals surface area contributed by atoms with Crippen molar-refractivity contribution < 1.29 is 32.4 Å². The van der Waals surface area contributed by atoms with Gasteiger partial charge in [0.2, 0.25) is 17.6 Å². The van der Waals surface area contributed by atoms with Crippen molar-refractivity contribution in [3.05, 3.63) is 42.5 Å². The van der Waals surface area contributed by atoms with Crippen molar-refractivity contribution in [3.63, 3.8) is 0 Å². The first-order valence-electron chi connectivity index (χ1n) is 20.9. The minimum Gasteiger partial charge on any atom is -0.346 e. The molecule has 2 unspecified atom stereocenters. The van der Waals surface area contributed by atoms with E-state index in [2.05, 4.69) is 47.0 Å². The maximum atomic E-state index is 15.0. The molecule has 6 atom stereocenters. The van der Waals surface area contributed by atoms with Crippen LogP contribution in [-0.4, -0.2) is 92.9 Å². The van der Waals surface area contributed by atoms with Crippen LogP contribution in [0.4, 0.5) is 4.79 Å². The molecule has 3 aliphatic rings. The largest absolute Gasteiger partial charge is 0.346 e. The summed E-state index contributed by atoms with van der Waals surface area (Å²) in [6.45, 7) is 16.9. The number of hydrogen-bond donors (Lipinski definition) is 5. The van der Waals surface area contributed by atoms with Crippen molar-refractivity contribution in [2.45, 2.75) is 141 Å². The standard InChI is InChI=1S/C43H68N6O7S/c1-9-22-45-39(52)36(50)32(23-29-18-19-29)46-38(51)33-24-31(28(3)10-2)27-49(33)40(53)37(43(7)20-14-11-15-21-43)48-41(54)47-35(42(4,5)6)26-44-25-30-16-12-13-17-34(30)57(8,55)56/h9,12-13,16-17,28-29,31-33,35,37,44H,1,10-11,14-15,18-27H2,2-8H3,(H,45,52)(H,46,51)(H2,47,48,54)/t28?,31-,32?,33+,35-,37-/m1/s1. The summed E-state index contributed by atoms with van der Waals surface area (Å²) in [4.78, 5) is 71.2. The number of urea groups is 1. The first-order valence-corrected chi connectivity index (χ1v) is 22.8. The van der Waals surface area contributed by atoms with Crippen LogP contribution in [0.5, 0.6) is 0 Å². The lowest BCUT2D eigenvalue weighted by atomic mass is 9.70. The van der Waals surface area contributed by atoms with Gasteiger partial charge in [-0.2, -0.15) is 0 Å². The van der Waals surface area contributed by atoms with Gasteiger partial charge in [0.05, 0.1) is 10.9 Å². The molecular formula is C43H68N6O7S. The molecule has 2 saturated carbocycles. The monoisotopic (exact) mass is 812 g/mol. The zero-order valence-electron chi connectivity index (χ0n) is 35.2. The van der Waals surface area contributed by atoms with Gasteiger partial charge in [-0.25, -0.2) is 13.2 Å². The molecule has 0 spiro atoms. The van der Waals surface area contributed by atoms with Gasteiger partial charge in [0.15, 0.2) is 9.84 Å². The molecule has 2 aliphatic carbocycles. The Kier molecular flexibility index (Phi) is 15.9. The van der Waals surface area contributed by atoms with Gasteiger partial charge in [-0.3, -0.25) is 19.2 Å². The molecule has 0 aromatic heterocycles. The zero-order chi connectivity index (χ0) is 42.1. The molecule has 1 aliphatic heterocycles. The topological polar surface area (TPSA) is 183 Å². The van der Waals surface area contributed by atoms with E-state index in [1.54, 1.807) is 29.2 Å². The number of Topliss-reactive ketones (excluding diaryl/α,β-unsaturated/α-hetero) is 1. The van der Waals surface area contributed by atoms with E-state index < -0.39 is 68.5 Å². The molecule has 1 aromatic carbocycles. The maximum Gasteiger partial charge on any atom is 0.315 e. The number of sulfone groups is 1. The number of nitrogens with one attached hydrogen (secondary N) is 5. The third-order valence-corrected chi connectivity index (χ3v) is 13.7. The van der Waals surface area contributed by atoms with Crippen molar-refractivity contribution in [1.29, 1.82) is 0 Å². The normalized spacial score (nSPS) is 21.7. The Bertz CT molecular complexity index is 1720. The van der Waals surface area contributed by atoms with E-state index >= 15 is 4.79 Å². The number of likely N-dealkylation sites (tertiary alicyclic amines) is 1. The summed E-state index contributed by atoms with van der Waals surface area (Å²) in [6.07, 6.45) is 10.5. The van der Waals surface area contributed by atoms with Gasteiger partial charge >= 0.3 is 6.03 Å². The lowest BCUT2D eigenvalue weighted by Gasteiger charge is -2.43. The van der Waals surface area contributed by atoms with Crippen LogP contribution in [0.3, 0.4) is 0 Å². The first-order chi connectivity index (χ1) is 26.8. The number of amides is 5. The first kappa shape index (κ1) is 45.9. The summed E-state index contributed by atoms with van der Waals surface area (Å²) in [6, 6.07) is 3.12. The number of benzene rings is 1. The number of carbonyl (C=O) groups excluding carboxylic acids is 5. The lowest BCUT2D eigenvalue weighted by Crippen LogP contribution is -2.62. The Labute approximate surface area is 340 Å². The molecule has 57 heavy (non-hydrogen) atoms. The minimum absolute atomic E-state index is 0.0287. The summed E-state index contributed by atoms with van der Waals surface area (Å²) in [5.41, 5.74) is -0.346. The van der Waals surface area contributed by atoms with Crippen LogP contribution >= 0.6 is 0 Å². The molecule has 318 valence electrons. The molecule has 1 heterocycles. The minimum atomic E-state index is -3.43. The molecule has 1 saturated heterocycles. The number of nitrogens with zero attached hydrogens (tertiary/aromatic N) is 1. The third kappa shape index (κ3) is 12.6. The molecule has 0 radical (unpaired) electrons. The van der Waals surface area contributed by atoms with Gasteiger partial charge in [0, 0.05) is 38.5 Å². The van der Waals surface area contributed by atoms with Crippen molar-refractivity contribution >= 4 is 39.4 Å². The fourth-order valence-corrected chi connectivity index (χ4v) is 9.26. The van der Waals surface area contributed by atoms with Gasteiger partial charge in [-0.15, -0.1) is 6.58 Å². The fraction of sp³-hybridized carbons (Fsp3) is 0.698. The van der Waals surface area contributed by atoms with E-state index in [0.717, 1.165) is 51.4 Å². The molecule has 13 nitrogen and oxygen atoms in total. The van der Waals surface area contributed by atoms with E-state index in [0.29, 0.717) is 31.5 Å². The number of carbonyl (C=O) groups is 5. The quantitative estimate of drug-likeness (QED) is 0.0989. The van der Waals surface area contributed by atoms with E-state index in [-0.39, 0.29) is 41.6 Å². The van der Waals surface area contributed by atoms with Gasteiger partial charge in [-0.1, -0.05) is 104 Å². The van der Waals surface area contributed by atoms with Crippen LogP contribution in [0.15, 0.2) is 41.8 Å². The predicted octanol–water partition coefficient (Wildman–Crippen LogP) is 4.65. The second-order valence-electron chi connectivity index (χ2n) is 18.2. The summed E-state index contributed by atoms with van der Waals surface area (Å²) in [7, 11) is -3.43. The summed E-state index contributed by atoms with van der Waals surface area (Å²) >= 11 is 0. The van der Waals surface area contributed by atoms with E-state index in [1.807, 2.05) is 27.7 Å². The average molecular weight is 813 g/mol. The van der Waals surface area contributed by atoms with Crippen molar-refractivity contribution in [3.8, 4) is 0 Å². The maximum absolute atomic E-state index is 15.0.